The molecule has 2 N–H and O–H groups in total. The molecule has 0 aliphatic carbocycles. The van der Waals surface area contributed by atoms with Crippen molar-refractivity contribution in [3.63, 3.8) is 0 Å². The van der Waals surface area contributed by atoms with Gasteiger partial charge in [-0.25, -0.2) is 0 Å². The molecule has 0 radical (unpaired) electrons. The summed E-state index contributed by atoms with van der Waals surface area (Å²) in [5.41, 5.74) is 0.852. The number of phenolic OH excluding ortho intramolecular Hbond substituents is 1. The molecule has 3 nitrogen and oxygen atoms in total. The van der Waals surface area contributed by atoms with Crippen LogP contribution >= 0.6 is 11.6 Å². The number of aromatic hydroxyl groups is 1. The quantitative estimate of drug-likeness (QED) is 0.713. The van der Waals surface area contributed by atoms with Crippen LogP contribution in [-0.4, -0.2) is 36.2 Å². The van der Waals surface area contributed by atoms with Gasteiger partial charge in [0.2, 0.25) is 0 Å². The molecule has 0 saturated carbocycles. The largest absolute Gasteiger partial charge is 0.508 e. The van der Waals surface area contributed by atoms with Gasteiger partial charge in [-0.2, -0.15) is 0 Å². The van der Waals surface area contributed by atoms with E-state index in [1.807, 2.05) is 0 Å². The van der Waals surface area contributed by atoms with Gasteiger partial charge in [-0.15, -0.1) is 0 Å². The number of phenols is 1. The summed E-state index contributed by atoms with van der Waals surface area (Å²) in [5.74, 6) is 0.302. The summed E-state index contributed by atoms with van der Waals surface area (Å²) in [6.07, 6.45) is 1.11. The standard InChI is InChI=1S/C14H23ClN2O/c1-3-17(4-2)9-5-8-16-11-12-10-13(15)6-7-14(12)18/h6-7,10,16,18H,3-5,8-9,11H2,1-2H3. The van der Waals surface area contributed by atoms with E-state index in [4.69, 9.17) is 11.6 Å². The Labute approximate surface area is 115 Å². The first-order valence-corrected chi connectivity index (χ1v) is 6.95. The van der Waals surface area contributed by atoms with Crippen LogP contribution in [0.3, 0.4) is 0 Å². The minimum atomic E-state index is 0.302. The van der Waals surface area contributed by atoms with Crippen LogP contribution in [0, 0.1) is 0 Å². The Bertz CT molecular complexity index is 354. The average Bonchev–Trinajstić information content (AvgIpc) is 2.38. The van der Waals surface area contributed by atoms with Crippen molar-refractivity contribution in [3.05, 3.63) is 28.8 Å². The van der Waals surface area contributed by atoms with Crippen molar-refractivity contribution in [2.45, 2.75) is 26.8 Å². The van der Waals surface area contributed by atoms with E-state index in [1.54, 1.807) is 18.2 Å². The first-order valence-electron chi connectivity index (χ1n) is 6.57. The molecule has 18 heavy (non-hydrogen) atoms. The van der Waals surface area contributed by atoms with E-state index >= 15 is 0 Å². The second-order valence-electron chi connectivity index (χ2n) is 4.33. The first-order chi connectivity index (χ1) is 8.67. The molecular formula is C14H23ClN2O. The maximum Gasteiger partial charge on any atom is 0.120 e. The zero-order valence-electron chi connectivity index (χ0n) is 11.2. The smallest absolute Gasteiger partial charge is 0.120 e. The van der Waals surface area contributed by atoms with E-state index in [9.17, 15) is 5.11 Å². The molecule has 0 aromatic heterocycles. The molecule has 0 unspecified atom stereocenters. The fraction of sp³-hybridized carbons (Fsp3) is 0.571. The maximum atomic E-state index is 9.65. The number of hydrogen-bond acceptors (Lipinski definition) is 3. The van der Waals surface area contributed by atoms with Crippen molar-refractivity contribution in [1.82, 2.24) is 10.2 Å². The maximum absolute atomic E-state index is 9.65. The number of halogens is 1. The molecule has 1 aromatic rings. The van der Waals surface area contributed by atoms with E-state index in [0.29, 0.717) is 17.3 Å². The number of rotatable bonds is 8. The topological polar surface area (TPSA) is 35.5 Å². The Hall–Kier alpha value is -0.770. The van der Waals surface area contributed by atoms with Crippen molar-refractivity contribution in [2.24, 2.45) is 0 Å². The normalized spacial score (nSPS) is 11.1. The molecule has 1 rings (SSSR count). The van der Waals surface area contributed by atoms with Gasteiger partial charge in [-0.3, -0.25) is 0 Å². The van der Waals surface area contributed by atoms with Gasteiger partial charge in [0.25, 0.3) is 0 Å². The predicted octanol–water partition coefficient (Wildman–Crippen LogP) is 2.87. The summed E-state index contributed by atoms with van der Waals surface area (Å²) in [7, 11) is 0. The molecule has 0 saturated heterocycles. The van der Waals surface area contributed by atoms with Crippen LogP contribution < -0.4 is 5.32 Å². The second kappa shape index (κ2) is 8.35. The van der Waals surface area contributed by atoms with Gasteiger partial charge in [-0.1, -0.05) is 25.4 Å². The molecule has 0 aliphatic heterocycles. The summed E-state index contributed by atoms with van der Waals surface area (Å²) in [6, 6.07) is 5.13. The Morgan fingerprint density at radius 3 is 2.67 bits per heavy atom. The molecule has 1 aromatic carbocycles. The zero-order chi connectivity index (χ0) is 13.4. The molecule has 4 heteroatoms. The summed E-state index contributed by atoms with van der Waals surface area (Å²) < 4.78 is 0. The van der Waals surface area contributed by atoms with Crippen molar-refractivity contribution >= 4 is 11.6 Å². The van der Waals surface area contributed by atoms with Crippen LogP contribution in [0.2, 0.25) is 5.02 Å². The fourth-order valence-electron chi connectivity index (χ4n) is 1.89. The lowest BCUT2D eigenvalue weighted by molar-refractivity contribution is 0.298. The highest BCUT2D eigenvalue weighted by Crippen LogP contribution is 2.20. The third kappa shape index (κ3) is 5.25. The lowest BCUT2D eigenvalue weighted by Crippen LogP contribution is -2.27. The number of nitrogens with one attached hydrogen (secondary N) is 1. The predicted molar refractivity (Wildman–Crippen MR) is 77.2 cm³/mol. The van der Waals surface area contributed by atoms with Crippen LogP contribution in [0.15, 0.2) is 18.2 Å². The van der Waals surface area contributed by atoms with E-state index < -0.39 is 0 Å². The lowest BCUT2D eigenvalue weighted by atomic mass is 10.2. The summed E-state index contributed by atoms with van der Waals surface area (Å²) >= 11 is 5.89. The summed E-state index contributed by atoms with van der Waals surface area (Å²) in [6.45, 7) is 9.29. The number of hydrogen-bond donors (Lipinski definition) is 2. The number of benzene rings is 1. The molecule has 102 valence electrons. The van der Waals surface area contributed by atoms with Gasteiger partial charge >= 0.3 is 0 Å². The van der Waals surface area contributed by atoms with Crippen LogP contribution in [0.4, 0.5) is 0 Å². The highest BCUT2D eigenvalue weighted by atomic mass is 35.5. The van der Waals surface area contributed by atoms with Gasteiger partial charge in [-0.05, 0) is 50.8 Å². The van der Waals surface area contributed by atoms with Gasteiger partial charge in [0.1, 0.15) is 5.75 Å². The monoisotopic (exact) mass is 270 g/mol. The van der Waals surface area contributed by atoms with Crippen LogP contribution in [0.25, 0.3) is 0 Å². The molecule has 0 atom stereocenters. The fourth-order valence-corrected chi connectivity index (χ4v) is 2.08. The third-order valence-electron chi connectivity index (χ3n) is 3.08. The molecule has 0 heterocycles. The number of nitrogens with zero attached hydrogens (tertiary/aromatic N) is 1. The van der Waals surface area contributed by atoms with E-state index in [0.717, 1.165) is 38.2 Å². The summed E-state index contributed by atoms with van der Waals surface area (Å²) in [5, 5.41) is 13.6. The Morgan fingerprint density at radius 1 is 1.28 bits per heavy atom. The van der Waals surface area contributed by atoms with Crippen molar-refractivity contribution in [1.29, 1.82) is 0 Å². The summed E-state index contributed by atoms with van der Waals surface area (Å²) in [4.78, 5) is 2.40. The molecule has 0 aliphatic rings. The molecular weight excluding hydrogens is 248 g/mol. The average molecular weight is 271 g/mol. The highest BCUT2D eigenvalue weighted by Gasteiger charge is 2.02. The van der Waals surface area contributed by atoms with Crippen molar-refractivity contribution in [3.8, 4) is 5.75 Å². The van der Waals surface area contributed by atoms with E-state index in [-0.39, 0.29) is 0 Å². The molecule has 0 amide bonds. The van der Waals surface area contributed by atoms with Crippen molar-refractivity contribution in [2.75, 3.05) is 26.2 Å². The minimum absolute atomic E-state index is 0.302. The molecule has 0 bridgehead atoms. The Balaban J connectivity index is 2.23. The van der Waals surface area contributed by atoms with Gasteiger partial charge in [0.15, 0.2) is 0 Å². The Morgan fingerprint density at radius 2 is 2.00 bits per heavy atom. The van der Waals surface area contributed by atoms with Crippen LogP contribution in [0.5, 0.6) is 5.75 Å². The Kier molecular flexibility index (Phi) is 7.09. The zero-order valence-corrected chi connectivity index (χ0v) is 12.0. The van der Waals surface area contributed by atoms with Crippen molar-refractivity contribution < 1.29 is 5.11 Å². The van der Waals surface area contributed by atoms with Gasteiger partial charge in [0.05, 0.1) is 0 Å². The van der Waals surface area contributed by atoms with E-state index in [1.165, 1.54) is 0 Å². The highest BCUT2D eigenvalue weighted by molar-refractivity contribution is 6.30. The minimum Gasteiger partial charge on any atom is -0.508 e. The van der Waals surface area contributed by atoms with Crippen LogP contribution in [-0.2, 0) is 6.54 Å². The SMILES string of the molecule is CCN(CC)CCCNCc1cc(Cl)ccc1O. The van der Waals surface area contributed by atoms with Gasteiger partial charge < -0.3 is 15.3 Å². The first kappa shape index (κ1) is 15.3. The lowest BCUT2D eigenvalue weighted by Gasteiger charge is -2.17. The van der Waals surface area contributed by atoms with Gasteiger partial charge in [0, 0.05) is 17.1 Å². The second-order valence-corrected chi connectivity index (χ2v) is 4.77. The third-order valence-corrected chi connectivity index (χ3v) is 3.31. The molecule has 0 fully saturated rings. The van der Waals surface area contributed by atoms with Crippen LogP contribution in [0.1, 0.15) is 25.8 Å². The van der Waals surface area contributed by atoms with E-state index in [2.05, 4.69) is 24.1 Å². The molecule has 0 spiro atoms.